The number of anilines is 2. The molecule has 0 unspecified atom stereocenters. The average molecular weight is 529 g/mol. The highest BCUT2D eigenvalue weighted by molar-refractivity contribution is 5.74. The lowest BCUT2D eigenvalue weighted by molar-refractivity contribution is -0.198. The Morgan fingerprint density at radius 1 is 1.16 bits per heavy atom. The Labute approximate surface area is 216 Å². The zero-order valence-electron chi connectivity index (χ0n) is 20.4. The Morgan fingerprint density at radius 2 is 1.89 bits per heavy atom. The Morgan fingerprint density at radius 3 is 2.50 bits per heavy atom. The minimum absolute atomic E-state index is 0.0782. The molecule has 2 aliphatic rings. The predicted octanol–water partition coefficient (Wildman–Crippen LogP) is 3.84. The van der Waals surface area contributed by atoms with E-state index in [-0.39, 0.29) is 22.8 Å². The molecule has 200 valence electrons. The molecular weight excluding hydrogens is 501 g/mol. The van der Waals surface area contributed by atoms with Crippen LogP contribution < -0.4 is 20.7 Å². The Hall–Kier alpha value is -3.93. The van der Waals surface area contributed by atoms with Crippen molar-refractivity contribution < 1.29 is 27.8 Å². The van der Waals surface area contributed by atoms with Gasteiger partial charge in [0.2, 0.25) is 17.9 Å². The van der Waals surface area contributed by atoms with Crippen molar-refractivity contribution in [2.45, 2.75) is 37.6 Å². The van der Waals surface area contributed by atoms with E-state index in [9.17, 15) is 23.1 Å². The van der Waals surface area contributed by atoms with E-state index in [1.165, 1.54) is 18.2 Å². The molecule has 1 spiro atoms. The number of hydrogen-bond acceptors (Lipinski definition) is 8. The van der Waals surface area contributed by atoms with Gasteiger partial charge in [0.1, 0.15) is 11.9 Å². The van der Waals surface area contributed by atoms with E-state index in [0.29, 0.717) is 31.9 Å². The quantitative estimate of drug-likeness (QED) is 0.437. The Balaban J connectivity index is 1.32. The van der Waals surface area contributed by atoms with Gasteiger partial charge in [0, 0.05) is 43.7 Å². The largest absolute Gasteiger partial charge is 0.480 e. The van der Waals surface area contributed by atoms with Crippen molar-refractivity contribution in [3.63, 3.8) is 0 Å². The standard InChI is InChI=1S/C26H27F3N6O3/c27-26(28,29)22(17-5-3-16(4-6-17)18-2-1-9-31-14-18)38-21-12-20(33-24(30)34-21)35-10-7-25(8-11-35)13-19(23(36)37)32-15-25/h1-6,9,12,14,19,22,32H,7-8,10-11,13,15H2,(H,36,37)(H2,30,33,34)/t19-,22+/m0/s1. The third kappa shape index (κ3) is 5.49. The van der Waals surface area contributed by atoms with Crippen molar-refractivity contribution in [1.82, 2.24) is 20.3 Å². The summed E-state index contributed by atoms with van der Waals surface area (Å²) in [5, 5.41) is 12.4. The fraction of sp³-hybridized carbons (Fsp3) is 0.385. The molecule has 0 amide bonds. The first kappa shape index (κ1) is 25.7. The zero-order valence-corrected chi connectivity index (χ0v) is 20.4. The van der Waals surface area contributed by atoms with Gasteiger partial charge in [0.25, 0.3) is 0 Å². The molecule has 0 radical (unpaired) electrons. The monoisotopic (exact) mass is 528 g/mol. The van der Waals surface area contributed by atoms with Gasteiger partial charge in [-0.1, -0.05) is 30.3 Å². The molecule has 2 atom stereocenters. The topological polar surface area (TPSA) is 126 Å². The van der Waals surface area contributed by atoms with Crippen LogP contribution in [0.25, 0.3) is 11.1 Å². The van der Waals surface area contributed by atoms with Crippen LogP contribution in [0.3, 0.4) is 0 Å². The molecule has 1 aromatic carbocycles. The Bertz CT molecular complexity index is 1280. The first-order chi connectivity index (χ1) is 18.1. The molecule has 0 aliphatic carbocycles. The lowest BCUT2D eigenvalue weighted by Gasteiger charge is -2.39. The fourth-order valence-corrected chi connectivity index (χ4v) is 5.16. The molecule has 2 aromatic heterocycles. The Kier molecular flexibility index (Phi) is 6.82. The number of halogens is 3. The van der Waals surface area contributed by atoms with Crippen LogP contribution in [0.5, 0.6) is 5.88 Å². The number of ether oxygens (including phenoxy) is 1. The number of carboxylic acid groups (broad SMARTS) is 1. The second-order valence-corrected chi connectivity index (χ2v) is 9.79. The summed E-state index contributed by atoms with van der Waals surface area (Å²) in [4.78, 5) is 25.4. The minimum Gasteiger partial charge on any atom is -0.480 e. The van der Waals surface area contributed by atoms with Gasteiger partial charge in [-0.2, -0.15) is 23.1 Å². The number of nitrogens with two attached hydrogens (primary N) is 1. The molecule has 5 rings (SSSR count). The summed E-state index contributed by atoms with van der Waals surface area (Å²) >= 11 is 0. The van der Waals surface area contributed by atoms with Crippen molar-refractivity contribution in [2.24, 2.45) is 5.41 Å². The fourth-order valence-electron chi connectivity index (χ4n) is 5.16. The van der Waals surface area contributed by atoms with Gasteiger partial charge in [-0.15, -0.1) is 0 Å². The van der Waals surface area contributed by atoms with Gasteiger partial charge in [0.05, 0.1) is 0 Å². The van der Waals surface area contributed by atoms with Crippen LogP contribution in [0.4, 0.5) is 24.9 Å². The van der Waals surface area contributed by atoms with E-state index in [4.69, 9.17) is 10.5 Å². The summed E-state index contributed by atoms with van der Waals surface area (Å²) < 4.78 is 47.6. The van der Waals surface area contributed by atoms with E-state index in [0.717, 1.165) is 24.0 Å². The molecule has 38 heavy (non-hydrogen) atoms. The maximum absolute atomic E-state index is 14.1. The number of rotatable bonds is 6. The van der Waals surface area contributed by atoms with Gasteiger partial charge in [0.15, 0.2) is 0 Å². The van der Waals surface area contributed by atoms with Gasteiger partial charge in [-0.3, -0.25) is 9.78 Å². The summed E-state index contributed by atoms with van der Waals surface area (Å²) in [7, 11) is 0. The molecule has 4 N–H and O–H groups in total. The number of aliphatic carboxylic acids is 1. The highest BCUT2D eigenvalue weighted by Gasteiger charge is 2.45. The molecule has 12 heteroatoms. The van der Waals surface area contributed by atoms with E-state index in [2.05, 4.69) is 20.3 Å². The van der Waals surface area contributed by atoms with Crippen molar-refractivity contribution in [1.29, 1.82) is 0 Å². The van der Waals surface area contributed by atoms with Crippen LogP contribution in [0, 0.1) is 5.41 Å². The van der Waals surface area contributed by atoms with E-state index in [1.807, 2.05) is 11.0 Å². The number of pyridine rings is 1. The van der Waals surface area contributed by atoms with Gasteiger partial charge >= 0.3 is 12.1 Å². The highest BCUT2D eigenvalue weighted by atomic mass is 19.4. The van der Waals surface area contributed by atoms with Crippen LogP contribution >= 0.6 is 0 Å². The average Bonchev–Trinajstić information content (AvgIpc) is 3.31. The van der Waals surface area contributed by atoms with Crippen molar-refractivity contribution in [2.75, 3.05) is 30.3 Å². The first-order valence-corrected chi connectivity index (χ1v) is 12.2. The molecule has 4 heterocycles. The molecule has 2 fully saturated rings. The van der Waals surface area contributed by atoms with Crippen LogP contribution in [-0.2, 0) is 4.79 Å². The SMILES string of the molecule is Nc1nc(O[C@H](c2ccc(-c3cccnc3)cc2)C(F)(F)F)cc(N2CCC3(CC2)CN[C@H](C(=O)O)C3)n1. The molecule has 3 aromatic rings. The summed E-state index contributed by atoms with van der Waals surface area (Å²) in [5.41, 5.74) is 7.16. The predicted molar refractivity (Wildman–Crippen MR) is 133 cm³/mol. The summed E-state index contributed by atoms with van der Waals surface area (Å²) in [6.07, 6.45) is -1.72. The normalized spacial score (nSPS) is 19.9. The summed E-state index contributed by atoms with van der Waals surface area (Å²) in [5.74, 6) is -0.962. The second kappa shape index (κ2) is 10.1. The molecule has 0 saturated carbocycles. The maximum Gasteiger partial charge on any atom is 0.429 e. The van der Waals surface area contributed by atoms with Crippen LogP contribution in [0.1, 0.15) is 30.9 Å². The lowest BCUT2D eigenvalue weighted by atomic mass is 9.76. The molecule has 2 aliphatic heterocycles. The third-order valence-corrected chi connectivity index (χ3v) is 7.26. The number of piperidine rings is 1. The second-order valence-electron chi connectivity index (χ2n) is 9.79. The lowest BCUT2D eigenvalue weighted by Crippen LogP contribution is -2.41. The number of nitrogens with one attached hydrogen (secondary N) is 1. The first-order valence-electron chi connectivity index (χ1n) is 12.2. The number of carboxylic acids is 1. The molecular formula is C26H27F3N6O3. The summed E-state index contributed by atoms with van der Waals surface area (Å²) in [6, 6.07) is 10.3. The maximum atomic E-state index is 14.1. The van der Waals surface area contributed by atoms with E-state index >= 15 is 0 Å². The highest BCUT2D eigenvalue weighted by Crippen LogP contribution is 2.41. The molecule has 2 saturated heterocycles. The number of benzene rings is 1. The van der Waals surface area contributed by atoms with Crippen molar-refractivity contribution in [3.05, 3.63) is 60.4 Å². The number of nitrogens with zero attached hydrogens (tertiary/aromatic N) is 4. The number of aromatic nitrogens is 3. The van der Waals surface area contributed by atoms with Gasteiger partial charge in [-0.05, 0) is 41.9 Å². The van der Waals surface area contributed by atoms with Gasteiger partial charge < -0.3 is 25.8 Å². The van der Waals surface area contributed by atoms with Crippen molar-refractivity contribution >= 4 is 17.7 Å². The smallest absolute Gasteiger partial charge is 0.429 e. The summed E-state index contributed by atoms with van der Waals surface area (Å²) in [6.45, 7) is 1.73. The van der Waals surface area contributed by atoms with Crippen LogP contribution in [0.2, 0.25) is 0 Å². The number of carbonyl (C=O) groups is 1. The number of hydrogen-bond donors (Lipinski definition) is 3. The molecule has 9 nitrogen and oxygen atoms in total. The minimum atomic E-state index is -4.71. The molecule has 0 bridgehead atoms. The number of nitrogen functional groups attached to an aromatic ring is 1. The van der Waals surface area contributed by atoms with Gasteiger partial charge in [-0.25, -0.2) is 0 Å². The van der Waals surface area contributed by atoms with E-state index < -0.39 is 24.3 Å². The van der Waals surface area contributed by atoms with E-state index in [1.54, 1.807) is 30.6 Å². The third-order valence-electron chi connectivity index (χ3n) is 7.26. The van der Waals surface area contributed by atoms with Crippen LogP contribution in [0.15, 0.2) is 54.9 Å². The van der Waals surface area contributed by atoms with Crippen LogP contribution in [-0.4, -0.2) is 57.9 Å². The zero-order chi connectivity index (χ0) is 26.9. The number of alkyl halides is 3. The van der Waals surface area contributed by atoms with Crippen molar-refractivity contribution in [3.8, 4) is 17.0 Å².